The summed E-state index contributed by atoms with van der Waals surface area (Å²) in [6, 6.07) is 4.40. The molecule has 0 bridgehead atoms. The van der Waals surface area contributed by atoms with Crippen LogP contribution in [-0.4, -0.2) is 34.4 Å². The molecule has 0 aliphatic rings. The molecule has 0 fully saturated rings. The largest absolute Gasteiger partial charge is 0.478 e. The van der Waals surface area contributed by atoms with E-state index in [9.17, 15) is 4.79 Å². The van der Waals surface area contributed by atoms with Crippen molar-refractivity contribution in [3.63, 3.8) is 0 Å². The topological polar surface area (TPSA) is 92.8 Å². The lowest BCUT2D eigenvalue weighted by Gasteiger charge is -1.96. The number of carboxylic acid groups (broad SMARTS) is 1. The van der Waals surface area contributed by atoms with E-state index in [-0.39, 0.29) is 18.2 Å². The zero-order chi connectivity index (χ0) is 12.3. The predicted molar refractivity (Wildman–Crippen MR) is 58.2 cm³/mol. The molecule has 0 aliphatic carbocycles. The number of fused-ring (bicyclic) bond motifs is 1. The van der Waals surface area contributed by atoms with Crippen LogP contribution in [0, 0.1) is 0 Å². The van der Waals surface area contributed by atoms with Gasteiger partial charge < -0.3 is 19.4 Å². The number of carbonyl (C=O) groups is 1. The highest BCUT2D eigenvalue weighted by atomic mass is 16.6. The minimum Gasteiger partial charge on any atom is -0.478 e. The number of carboxylic acids is 1. The summed E-state index contributed by atoms with van der Waals surface area (Å²) in [6.45, 7) is 0.332. The molecular weight excluding hydrogens is 226 g/mol. The second-order valence-electron chi connectivity index (χ2n) is 3.39. The molecule has 1 aromatic heterocycles. The van der Waals surface area contributed by atoms with Gasteiger partial charge in [0.25, 0.3) is 0 Å². The van der Waals surface area contributed by atoms with E-state index in [4.69, 9.17) is 19.4 Å². The lowest BCUT2D eigenvalue weighted by atomic mass is 10.2. The molecule has 2 aromatic rings. The molecule has 0 saturated carbocycles. The van der Waals surface area contributed by atoms with E-state index in [1.807, 2.05) is 0 Å². The van der Waals surface area contributed by atoms with Crippen molar-refractivity contribution in [2.45, 2.75) is 6.42 Å². The highest BCUT2D eigenvalue weighted by Crippen LogP contribution is 2.21. The first-order chi connectivity index (χ1) is 8.20. The van der Waals surface area contributed by atoms with Crippen molar-refractivity contribution in [2.24, 2.45) is 0 Å². The Morgan fingerprint density at radius 2 is 2.29 bits per heavy atom. The molecule has 1 heterocycles. The number of aliphatic hydroxyl groups is 1. The molecule has 0 radical (unpaired) electrons. The van der Waals surface area contributed by atoms with Crippen LogP contribution >= 0.6 is 0 Å². The van der Waals surface area contributed by atoms with E-state index < -0.39 is 5.97 Å². The number of aromatic carboxylic acids is 1. The maximum Gasteiger partial charge on any atom is 0.394 e. The third-order valence-corrected chi connectivity index (χ3v) is 2.14. The van der Waals surface area contributed by atoms with Crippen LogP contribution < -0.4 is 4.74 Å². The number of aliphatic hydroxyl groups excluding tert-OH is 1. The summed E-state index contributed by atoms with van der Waals surface area (Å²) in [5.74, 6) is -1.02. The SMILES string of the molecule is O=C(O)c1ccc2nc(OCCCO)oc2c1. The van der Waals surface area contributed by atoms with Gasteiger partial charge in [-0.1, -0.05) is 0 Å². The fourth-order valence-corrected chi connectivity index (χ4v) is 1.32. The number of hydrogen-bond donors (Lipinski definition) is 2. The Balaban J connectivity index is 2.21. The maximum absolute atomic E-state index is 10.7. The van der Waals surface area contributed by atoms with Gasteiger partial charge in [-0.3, -0.25) is 0 Å². The van der Waals surface area contributed by atoms with E-state index in [0.717, 1.165) is 0 Å². The fourth-order valence-electron chi connectivity index (χ4n) is 1.32. The summed E-state index contributed by atoms with van der Waals surface area (Å²) in [5, 5.41) is 17.4. The van der Waals surface area contributed by atoms with Crippen LogP contribution in [0.2, 0.25) is 0 Å². The van der Waals surface area contributed by atoms with Gasteiger partial charge in [0.15, 0.2) is 5.58 Å². The standard InChI is InChI=1S/C11H11NO5/c13-4-1-5-16-11-12-8-3-2-7(10(14)15)6-9(8)17-11/h2-3,6,13H,1,4-5H2,(H,14,15). The fraction of sp³-hybridized carbons (Fsp3) is 0.273. The third-order valence-electron chi connectivity index (χ3n) is 2.14. The van der Waals surface area contributed by atoms with Gasteiger partial charge in [0, 0.05) is 13.0 Å². The lowest BCUT2D eigenvalue weighted by molar-refractivity contribution is 0.0697. The molecule has 17 heavy (non-hydrogen) atoms. The van der Waals surface area contributed by atoms with E-state index >= 15 is 0 Å². The number of rotatable bonds is 5. The normalized spacial score (nSPS) is 10.6. The quantitative estimate of drug-likeness (QED) is 0.761. The number of aromatic nitrogens is 1. The van der Waals surface area contributed by atoms with Crippen molar-refractivity contribution in [3.05, 3.63) is 23.8 Å². The van der Waals surface area contributed by atoms with E-state index in [2.05, 4.69) is 4.98 Å². The highest BCUT2D eigenvalue weighted by molar-refractivity contribution is 5.91. The number of hydrogen-bond acceptors (Lipinski definition) is 5. The van der Waals surface area contributed by atoms with Crippen LogP contribution in [0.4, 0.5) is 0 Å². The molecule has 0 saturated heterocycles. The molecule has 6 nitrogen and oxygen atoms in total. The van der Waals surface area contributed by atoms with Crippen molar-refractivity contribution in [1.82, 2.24) is 4.98 Å². The van der Waals surface area contributed by atoms with Crippen molar-refractivity contribution in [1.29, 1.82) is 0 Å². The van der Waals surface area contributed by atoms with Crippen LogP contribution in [-0.2, 0) is 0 Å². The summed E-state index contributed by atoms with van der Waals surface area (Å²) in [7, 11) is 0. The van der Waals surface area contributed by atoms with Gasteiger partial charge in [-0.05, 0) is 18.2 Å². The van der Waals surface area contributed by atoms with Crippen molar-refractivity contribution < 1.29 is 24.2 Å². The van der Waals surface area contributed by atoms with Crippen LogP contribution in [0.1, 0.15) is 16.8 Å². The monoisotopic (exact) mass is 237 g/mol. The summed E-state index contributed by atoms with van der Waals surface area (Å²) in [5.41, 5.74) is 1.04. The molecule has 0 unspecified atom stereocenters. The number of ether oxygens (including phenoxy) is 1. The molecule has 2 N–H and O–H groups in total. The van der Waals surface area contributed by atoms with Gasteiger partial charge >= 0.3 is 12.0 Å². The van der Waals surface area contributed by atoms with Crippen molar-refractivity contribution in [2.75, 3.05) is 13.2 Å². The average Bonchev–Trinajstić information content (AvgIpc) is 2.70. The maximum atomic E-state index is 10.7. The number of benzene rings is 1. The second-order valence-corrected chi connectivity index (χ2v) is 3.39. The molecule has 6 heteroatoms. The molecule has 0 spiro atoms. The smallest absolute Gasteiger partial charge is 0.394 e. The van der Waals surface area contributed by atoms with Gasteiger partial charge in [-0.25, -0.2) is 4.79 Å². The molecule has 90 valence electrons. The predicted octanol–water partition coefficient (Wildman–Crippen LogP) is 1.29. The van der Waals surface area contributed by atoms with E-state index in [1.165, 1.54) is 12.1 Å². The van der Waals surface area contributed by atoms with Gasteiger partial charge in [0.05, 0.1) is 12.2 Å². The number of nitrogens with zero attached hydrogens (tertiary/aromatic N) is 1. The zero-order valence-electron chi connectivity index (χ0n) is 8.92. The van der Waals surface area contributed by atoms with Crippen LogP contribution in [0.3, 0.4) is 0 Å². The van der Waals surface area contributed by atoms with Gasteiger partial charge in [-0.15, -0.1) is 0 Å². The number of oxazole rings is 1. The van der Waals surface area contributed by atoms with Crippen LogP contribution in [0.15, 0.2) is 22.6 Å². The summed E-state index contributed by atoms with van der Waals surface area (Å²) >= 11 is 0. The molecule has 0 atom stereocenters. The Labute approximate surface area is 96.5 Å². The Kier molecular flexibility index (Phi) is 3.24. The molecule has 0 aliphatic heterocycles. The first-order valence-electron chi connectivity index (χ1n) is 5.08. The average molecular weight is 237 g/mol. The minimum atomic E-state index is -1.02. The molecule has 0 amide bonds. The Hall–Kier alpha value is -2.08. The Morgan fingerprint density at radius 1 is 1.47 bits per heavy atom. The van der Waals surface area contributed by atoms with Gasteiger partial charge in [0.2, 0.25) is 0 Å². The first kappa shape index (κ1) is 11.4. The van der Waals surface area contributed by atoms with Crippen molar-refractivity contribution >= 4 is 17.1 Å². The van der Waals surface area contributed by atoms with Crippen molar-refractivity contribution in [3.8, 4) is 6.08 Å². The third kappa shape index (κ3) is 2.54. The first-order valence-corrected chi connectivity index (χ1v) is 5.08. The van der Waals surface area contributed by atoms with Crippen LogP contribution in [0.5, 0.6) is 6.08 Å². The minimum absolute atomic E-state index is 0.0311. The lowest BCUT2D eigenvalue weighted by Crippen LogP contribution is -1.99. The highest BCUT2D eigenvalue weighted by Gasteiger charge is 2.10. The van der Waals surface area contributed by atoms with E-state index in [1.54, 1.807) is 6.07 Å². The Morgan fingerprint density at radius 3 is 3.00 bits per heavy atom. The van der Waals surface area contributed by atoms with Gasteiger partial charge in [0.1, 0.15) is 5.52 Å². The van der Waals surface area contributed by atoms with E-state index in [0.29, 0.717) is 24.1 Å². The summed E-state index contributed by atoms with van der Waals surface area (Å²) < 4.78 is 10.4. The summed E-state index contributed by atoms with van der Waals surface area (Å²) in [6.07, 6.45) is 0.565. The Bertz CT molecular complexity index is 534. The summed E-state index contributed by atoms with van der Waals surface area (Å²) in [4.78, 5) is 14.8. The molecule has 1 aromatic carbocycles. The second kappa shape index (κ2) is 4.84. The molecular formula is C11H11NO5. The van der Waals surface area contributed by atoms with Crippen LogP contribution in [0.25, 0.3) is 11.1 Å². The molecule has 2 rings (SSSR count). The zero-order valence-corrected chi connectivity index (χ0v) is 8.92. The van der Waals surface area contributed by atoms with Gasteiger partial charge in [-0.2, -0.15) is 4.98 Å².